The minimum atomic E-state index is -1.47. The Hall–Kier alpha value is 3.80. The summed E-state index contributed by atoms with van der Waals surface area (Å²) in [6, 6.07) is 0. The van der Waals surface area contributed by atoms with E-state index in [-0.39, 0.29) is 0 Å². The van der Waals surface area contributed by atoms with Crippen LogP contribution in [0.2, 0.25) is 0 Å². The zero-order chi connectivity index (χ0) is 40.2. The van der Waals surface area contributed by atoms with Crippen molar-refractivity contribution in [2.75, 3.05) is 52.9 Å². The SMILES string of the molecule is O=C1OCCOC(=O)C(=O)OCCOC(=O)C(=O)OCCOC(=O)C(=O)OCCOC1=O.[Cl][Nb][Cl].[Cl][Nb][Cl].[Cl][Nb][Cl].[Cl][Nb][Cl].[Cl][Sn][Cl].[Cl][Sn][Cl]. The van der Waals surface area contributed by atoms with Crippen LogP contribution in [0.5, 0.6) is 0 Å². The summed E-state index contributed by atoms with van der Waals surface area (Å²) < 4.78 is 35.3. The van der Waals surface area contributed by atoms with Gasteiger partial charge in [0.15, 0.2) is 0 Å². The van der Waals surface area contributed by atoms with Gasteiger partial charge in [-0.1, -0.05) is 0 Å². The van der Waals surface area contributed by atoms with E-state index >= 15 is 0 Å². The van der Waals surface area contributed by atoms with Gasteiger partial charge in [0.2, 0.25) is 0 Å². The third-order valence-corrected chi connectivity index (χ3v) is 2.87. The molecular weight excluding hydrogens is 1480 g/mol. The molecule has 0 spiro atoms. The van der Waals surface area contributed by atoms with Crippen LogP contribution in [0.3, 0.4) is 0 Å². The van der Waals surface area contributed by atoms with Gasteiger partial charge in [-0.05, 0) is 0 Å². The molecule has 34 heteroatoms. The molecule has 50 heavy (non-hydrogen) atoms. The molecule has 0 aromatic rings. The van der Waals surface area contributed by atoms with Gasteiger partial charge in [-0.2, -0.15) is 0 Å². The van der Waals surface area contributed by atoms with E-state index in [1.807, 2.05) is 0 Å². The number of hydrogen-bond donors (Lipinski definition) is 0. The predicted octanol–water partition coefficient (Wildman–Crippen LogP) is 3.85. The molecule has 1 saturated heterocycles. The van der Waals surface area contributed by atoms with E-state index in [2.05, 4.69) is 37.9 Å². The summed E-state index contributed by atoms with van der Waals surface area (Å²) in [5.74, 6) is -11.8. The quantitative estimate of drug-likeness (QED) is 0.146. The van der Waals surface area contributed by atoms with Crippen molar-refractivity contribution >= 4 is 195 Å². The second-order valence-corrected chi connectivity index (χ2v) is 27.3. The molecule has 1 aliphatic rings. The van der Waals surface area contributed by atoms with Crippen LogP contribution in [0.15, 0.2) is 0 Å². The molecule has 1 heterocycles. The fourth-order valence-electron chi connectivity index (χ4n) is 1.55. The van der Waals surface area contributed by atoms with Gasteiger partial charge >= 0.3 is 265 Å². The number of hydrogen-bond acceptors (Lipinski definition) is 16. The van der Waals surface area contributed by atoms with E-state index in [0.717, 1.165) is 0 Å². The molecule has 0 N–H and O–H groups in total. The second kappa shape index (κ2) is 57.1. The van der Waals surface area contributed by atoms with Gasteiger partial charge in [-0.15, -0.1) is 0 Å². The second-order valence-electron chi connectivity index (χ2n) is 5.49. The molecule has 1 aliphatic heterocycles. The topological polar surface area (TPSA) is 210 Å². The molecule has 0 aliphatic carbocycles. The van der Waals surface area contributed by atoms with Crippen molar-refractivity contribution in [3.05, 3.63) is 0 Å². The Morgan fingerprint density at radius 3 is 0.420 bits per heavy atom. The van der Waals surface area contributed by atoms with E-state index in [1.165, 1.54) is 0 Å². The molecule has 4 radical (unpaired) electrons. The average molecular weight is 1500 g/mol. The van der Waals surface area contributed by atoms with Crippen LogP contribution in [-0.2, 0) is 147 Å². The Kier molecular flexibility index (Phi) is 75.0. The van der Waals surface area contributed by atoms with Gasteiger partial charge in [-0.3, -0.25) is 0 Å². The third-order valence-electron chi connectivity index (χ3n) is 2.87. The van der Waals surface area contributed by atoms with Crippen LogP contribution in [0, 0.1) is 0 Å². The first-order chi connectivity index (χ1) is 23.7. The van der Waals surface area contributed by atoms with Crippen LogP contribution in [0.1, 0.15) is 0 Å². The van der Waals surface area contributed by atoms with E-state index < -0.39 is 209 Å². The van der Waals surface area contributed by atoms with Crippen molar-refractivity contribution in [1.82, 2.24) is 0 Å². The Morgan fingerprint density at radius 2 is 0.360 bits per heavy atom. The zero-order valence-electron chi connectivity index (χ0n) is 23.5. The maximum atomic E-state index is 11.3. The molecule has 0 aromatic carbocycles. The van der Waals surface area contributed by atoms with Crippen molar-refractivity contribution in [3.8, 4) is 0 Å². The van der Waals surface area contributed by atoms with Gasteiger partial charge in [0.05, 0.1) is 0 Å². The first-order valence-electron chi connectivity index (χ1n) is 10.7. The summed E-state index contributed by atoms with van der Waals surface area (Å²) >= 11 is -4.47. The van der Waals surface area contributed by atoms with Gasteiger partial charge in [0.25, 0.3) is 0 Å². The Morgan fingerprint density at radius 1 is 0.300 bits per heavy atom. The summed E-state index contributed by atoms with van der Waals surface area (Å²) in [7, 11) is 59.0. The van der Waals surface area contributed by atoms with Crippen molar-refractivity contribution in [1.29, 1.82) is 0 Å². The van der Waals surface area contributed by atoms with Gasteiger partial charge < -0.3 is 37.9 Å². The number of cyclic esters (lactones) is 8. The monoisotopic (exact) mass is 1500 g/mol. The van der Waals surface area contributed by atoms with Crippen LogP contribution < -0.4 is 0 Å². The van der Waals surface area contributed by atoms with Gasteiger partial charge in [0.1, 0.15) is 52.9 Å². The Balaban J connectivity index is -0.000000224. The van der Waals surface area contributed by atoms with Gasteiger partial charge in [-0.25, -0.2) is 38.4 Å². The van der Waals surface area contributed by atoms with Crippen LogP contribution in [0.4, 0.5) is 0 Å². The number of rotatable bonds is 0. The summed E-state index contributed by atoms with van der Waals surface area (Å²) in [5, 5.41) is 0. The van der Waals surface area contributed by atoms with E-state index in [4.69, 9.17) is 109 Å². The summed E-state index contributed by atoms with van der Waals surface area (Å²) in [6.45, 7) is -4.94. The van der Waals surface area contributed by atoms with Crippen molar-refractivity contribution < 1.29 is 147 Å². The molecule has 0 aromatic heterocycles. The number of esters is 8. The summed E-state index contributed by atoms with van der Waals surface area (Å²) in [4.78, 5) is 90.8. The predicted molar refractivity (Wildman–Crippen MR) is 169 cm³/mol. The molecule has 0 amide bonds. The zero-order valence-corrected chi connectivity index (χ0v) is 47.1. The van der Waals surface area contributed by atoms with E-state index in [1.54, 1.807) is 0 Å². The van der Waals surface area contributed by atoms with Crippen molar-refractivity contribution in [3.63, 3.8) is 0 Å². The molecular formula is C16H16Cl12Nb4O16Sn2. The van der Waals surface area contributed by atoms with Crippen LogP contribution in [-0.4, -0.2) is 138 Å². The van der Waals surface area contributed by atoms with Crippen LogP contribution >= 0.6 is 109 Å². The summed E-state index contributed by atoms with van der Waals surface area (Å²) in [5.41, 5.74) is 0. The number of carbonyl (C=O) groups is 8. The molecule has 1 fully saturated rings. The van der Waals surface area contributed by atoms with E-state index in [9.17, 15) is 38.4 Å². The van der Waals surface area contributed by atoms with Gasteiger partial charge in [0, 0.05) is 0 Å². The number of ether oxygens (including phenoxy) is 8. The van der Waals surface area contributed by atoms with E-state index in [0.29, 0.717) is 0 Å². The molecule has 0 atom stereocenters. The average Bonchev–Trinajstić information content (AvgIpc) is 3.06. The standard InChI is InChI=1S/C16H16O16.12ClH.4Nb.2Sn/c17-9-10(18)27-3-4-29-13(21)14(22)31-7-8-32-16(24)15(23)30-6-5-28-12(20)11(19)26-2-1-25-9;;;;;;;;;;;;;;;;;;/h1-8H2;12*1H;;;;;;/q;;;;;;;;;;;;;6*+2/p-12. The summed E-state index contributed by atoms with van der Waals surface area (Å²) in [6.07, 6.45) is 0. The fraction of sp³-hybridized carbons (Fsp3) is 0.500. The molecule has 1 rings (SSSR count). The molecule has 0 bridgehead atoms. The van der Waals surface area contributed by atoms with Crippen molar-refractivity contribution in [2.45, 2.75) is 0 Å². The first kappa shape index (κ1) is 65.6. The normalized spacial score (nSPS) is 14.3. The Bertz CT molecular complexity index is 720. The third kappa shape index (κ3) is 58.5. The minimum absolute atomic E-state index is 0.618. The fourth-order valence-corrected chi connectivity index (χ4v) is 1.55. The molecule has 0 saturated carbocycles. The van der Waals surface area contributed by atoms with Crippen LogP contribution in [0.25, 0.3) is 0 Å². The number of carbonyl (C=O) groups excluding carboxylic acids is 8. The van der Waals surface area contributed by atoms with Crippen molar-refractivity contribution in [2.24, 2.45) is 0 Å². The molecule has 288 valence electrons. The maximum absolute atomic E-state index is 11.3. The number of halogens is 12. The Labute approximate surface area is 387 Å². The first-order valence-corrected chi connectivity index (χ1v) is 47.8. The molecule has 0 unspecified atom stereocenters. The molecule has 16 nitrogen and oxygen atoms in total.